The molecule has 0 aliphatic carbocycles. The third kappa shape index (κ3) is 3.72. The van der Waals surface area contributed by atoms with Gasteiger partial charge in [0, 0.05) is 25.3 Å². The van der Waals surface area contributed by atoms with Crippen molar-refractivity contribution < 1.29 is 23.1 Å². The predicted octanol–water partition coefficient (Wildman–Crippen LogP) is -1.40. The Kier molecular flexibility index (Phi) is 4.32. The first-order valence-electron chi connectivity index (χ1n) is 5.21. The van der Waals surface area contributed by atoms with Gasteiger partial charge in [0.25, 0.3) is 0 Å². The van der Waals surface area contributed by atoms with Crippen molar-refractivity contribution >= 4 is 21.9 Å². The molecule has 1 aliphatic rings. The van der Waals surface area contributed by atoms with Gasteiger partial charge in [0.1, 0.15) is 6.04 Å². The number of carbonyl (C=O) groups is 2. The van der Waals surface area contributed by atoms with Crippen LogP contribution < -0.4 is 5.14 Å². The highest BCUT2D eigenvalue weighted by atomic mass is 32.2. The number of hydrogen-bond acceptors (Lipinski definition) is 4. The van der Waals surface area contributed by atoms with Gasteiger partial charge in [0.05, 0.1) is 5.75 Å². The van der Waals surface area contributed by atoms with E-state index >= 15 is 0 Å². The Labute approximate surface area is 105 Å². The number of likely N-dealkylation sites (tertiary alicyclic amines) is 1. The van der Waals surface area contributed by atoms with Crippen LogP contribution in [-0.4, -0.2) is 48.6 Å². The van der Waals surface area contributed by atoms with Crippen LogP contribution in [0.25, 0.3) is 0 Å². The third-order valence-corrected chi connectivity index (χ3v) is 3.62. The average Bonchev–Trinajstić information content (AvgIpc) is 2.52. The van der Waals surface area contributed by atoms with Gasteiger partial charge in [-0.15, -0.1) is 12.3 Å². The Hall–Kier alpha value is -1.59. The number of terminal acetylenes is 1. The van der Waals surface area contributed by atoms with Crippen molar-refractivity contribution in [1.29, 1.82) is 0 Å². The van der Waals surface area contributed by atoms with Gasteiger partial charge in [-0.1, -0.05) is 0 Å². The highest BCUT2D eigenvalue weighted by molar-refractivity contribution is 7.89. The van der Waals surface area contributed by atoms with Crippen LogP contribution in [0.3, 0.4) is 0 Å². The fraction of sp³-hybridized carbons (Fsp3) is 0.600. The quantitative estimate of drug-likeness (QED) is 0.598. The number of rotatable bonds is 5. The standard InChI is InChI=1S/C10H14N2O5S/c1-2-3-8(10(14)15)12-5-7(4-9(12)13)6-18(11,16)17/h1,7-8H,3-6H2,(H,14,15)(H2,11,16,17)/t7?,8-/m0/s1. The zero-order chi connectivity index (χ0) is 13.9. The van der Waals surface area contributed by atoms with Gasteiger partial charge in [-0.25, -0.2) is 18.4 Å². The van der Waals surface area contributed by atoms with Crippen molar-refractivity contribution in [2.45, 2.75) is 18.9 Å². The molecule has 0 aromatic carbocycles. The number of sulfonamides is 1. The van der Waals surface area contributed by atoms with Gasteiger partial charge >= 0.3 is 5.97 Å². The van der Waals surface area contributed by atoms with Crippen LogP contribution in [-0.2, 0) is 19.6 Å². The van der Waals surface area contributed by atoms with E-state index in [0.29, 0.717) is 0 Å². The van der Waals surface area contributed by atoms with Crippen LogP contribution in [0.15, 0.2) is 0 Å². The van der Waals surface area contributed by atoms with E-state index in [1.54, 1.807) is 0 Å². The maximum absolute atomic E-state index is 11.6. The summed E-state index contributed by atoms with van der Waals surface area (Å²) in [5.74, 6) is -0.231. The third-order valence-electron chi connectivity index (χ3n) is 2.68. The molecule has 1 amide bonds. The fourth-order valence-corrected chi connectivity index (χ4v) is 2.87. The van der Waals surface area contributed by atoms with Crippen LogP contribution in [0.5, 0.6) is 0 Å². The molecule has 2 atom stereocenters. The normalized spacial score (nSPS) is 21.7. The van der Waals surface area contributed by atoms with Crippen molar-refractivity contribution in [2.75, 3.05) is 12.3 Å². The Balaban J connectivity index is 2.78. The molecular formula is C10H14N2O5S. The first-order valence-corrected chi connectivity index (χ1v) is 6.92. The minimum Gasteiger partial charge on any atom is -0.480 e. The second kappa shape index (κ2) is 5.37. The monoisotopic (exact) mass is 274 g/mol. The van der Waals surface area contributed by atoms with Crippen LogP contribution in [0.2, 0.25) is 0 Å². The number of primary sulfonamides is 1. The topological polar surface area (TPSA) is 118 Å². The van der Waals surface area contributed by atoms with E-state index in [0.717, 1.165) is 4.90 Å². The summed E-state index contributed by atoms with van der Waals surface area (Å²) >= 11 is 0. The lowest BCUT2D eigenvalue weighted by molar-refractivity contribution is -0.148. The lowest BCUT2D eigenvalue weighted by atomic mass is 10.1. The van der Waals surface area contributed by atoms with Gasteiger partial charge in [-0.3, -0.25) is 4.79 Å². The summed E-state index contributed by atoms with van der Waals surface area (Å²) in [5, 5.41) is 13.9. The van der Waals surface area contributed by atoms with Gasteiger partial charge in [-0.05, 0) is 0 Å². The molecule has 18 heavy (non-hydrogen) atoms. The average molecular weight is 274 g/mol. The number of nitrogens with two attached hydrogens (primary N) is 1. The Morgan fingerprint density at radius 1 is 1.67 bits per heavy atom. The molecule has 1 heterocycles. The largest absolute Gasteiger partial charge is 0.480 e. The van der Waals surface area contributed by atoms with Crippen LogP contribution in [0, 0.1) is 18.3 Å². The van der Waals surface area contributed by atoms with E-state index in [1.165, 1.54) is 0 Å². The smallest absolute Gasteiger partial charge is 0.327 e. The van der Waals surface area contributed by atoms with E-state index in [-0.39, 0.29) is 25.1 Å². The summed E-state index contributed by atoms with van der Waals surface area (Å²) < 4.78 is 21.9. The molecule has 1 unspecified atom stereocenters. The SMILES string of the molecule is C#CC[C@@H](C(=O)O)N1CC(CS(N)(=O)=O)CC1=O. The van der Waals surface area contributed by atoms with Crippen molar-refractivity contribution in [1.82, 2.24) is 4.90 Å². The molecule has 7 nitrogen and oxygen atoms in total. The van der Waals surface area contributed by atoms with E-state index < -0.39 is 33.9 Å². The van der Waals surface area contributed by atoms with Crippen LogP contribution in [0.4, 0.5) is 0 Å². The van der Waals surface area contributed by atoms with E-state index in [9.17, 15) is 18.0 Å². The highest BCUT2D eigenvalue weighted by Crippen LogP contribution is 2.22. The molecule has 3 N–H and O–H groups in total. The molecule has 0 spiro atoms. The molecule has 100 valence electrons. The second-order valence-corrected chi connectivity index (χ2v) is 5.87. The molecule has 0 bridgehead atoms. The zero-order valence-corrected chi connectivity index (χ0v) is 10.4. The number of carbonyl (C=O) groups excluding carboxylic acids is 1. The predicted molar refractivity (Wildman–Crippen MR) is 62.7 cm³/mol. The maximum Gasteiger partial charge on any atom is 0.327 e. The van der Waals surface area contributed by atoms with E-state index in [1.807, 2.05) is 0 Å². The molecule has 1 aliphatic heterocycles. The summed E-state index contributed by atoms with van der Waals surface area (Å²) in [4.78, 5) is 23.7. The number of nitrogens with zero attached hydrogens (tertiary/aromatic N) is 1. The Morgan fingerprint density at radius 2 is 2.28 bits per heavy atom. The van der Waals surface area contributed by atoms with Crippen molar-refractivity contribution in [3.8, 4) is 12.3 Å². The lowest BCUT2D eigenvalue weighted by Gasteiger charge is -2.22. The second-order valence-electron chi connectivity index (χ2n) is 4.21. The summed E-state index contributed by atoms with van der Waals surface area (Å²) in [6.07, 6.45) is 4.92. The molecule has 8 heteroatoms. The van der Waals surface area contributed by atoms with Gasteiger partial charge in [-0.2, -0.15) is 0 Å². The van der Waals surface area contributed by atoms with Gasteiger partial charge < -0.3 is 10.0 Å². The number of hydrogen-bond donors (Lipinski definition) is 2. The van der Waals surface area contributed by atoms with Gasteiger partial charge in [0.15, 0.2) is 0 Å². The summed E-state index contributed by atoms with van der Waals surface area (Å²) in [5.41, 5.74) is 0. The lowest BCUT2D eigenvalue weighted by Crippen LogP contribution is -2.42. The molecule has 0 aromatic rings. The van der Waals surface area contributed by atoms with Crippen molar-refractivity contribution in [3.63, 3.8) is 0 Å². The number of carboxylic acid groups (broad SMARTS) is 1. The first-order chi connectivity index (χ1) is 8.24. The number of carboxylic acids is 1. The molecule has 1 rings (SSSR count). The first kappa shape index (κ1) is 14.5. The van der Waals surface area contributed by atoms with Crippen LogP contribution in [0.1, 0.15) is 12.8 Å². The fourth-order valence-electron chi connectivity index (χ4n) is 1.99. The molecule has 0 radical (unpaired) electrons. The highest BCUT2D eigenvalue weighted by Gasteiger charge is 2.38. The summed E-state index contributed by atoms with van der Waals surface area (Å²) in [7, 11) is -3.68. The van der Waals surface area contributed by atoms with E-state index in [4.69, 9.17) is 16.7 Å². The van der Waals surface area contributed by atoms with Crippen molar-refractivity contribution in [3.05, 3.63) is 0 Å². The van der Waals surface area contributed by atoms with Crippen LogP contribution >= 0.6 is 0 Å². The molecule has 1 fully saturated rings. The molecule has 0 saturated carbocycles. The Bertz CT molecular complexity index is 493. The maximum atomic E-state index is 11.6. The minimum absolute atomic E-state index is 0.0230. The van der Waals surface area contributed by atoms with E-state index in [2.05, 4.69) is 5.92 Å². The van der Waals surface area contributed by atoms with Gasteiger partial charge in [0.2, 0.25) is 15.9 Å². The van der Waals surface area contributed by atoms with Crippen molar-refractivity contribution in [2.24, 2.45) is 11.1 Å². The minimum atomic E-state index is -3.68. The summed E-state index contributed by atoms with van der Waals surface area (Å²) in [6.45, 7) is 0.0495. The molecule has 0 aromatic heterocycles. The number of amides is 1. The molecule has 1 saturated heterocycles. The summed E-state index contributed by atoms with van der Waals surface area (Å²) in [6, 6.07) is -1.10. The zero-order valence-electron chi connectivity index (χ0n) is 9.57. The number of aliphatic carboxylic acids is 1. The molecular weight excluding hydrogens is 260 g/mol. The Morgan fingerprint density at radius 3 is 2.72 bits per heavy atom.